The topological polar surface area (TPSA) is 127 Å². The third-order valence-corrected chi connectivity index (χ3v) is 8.41. The summed E-state index contributed by atoms with van der Waals surface area (Å²) in [6.45, 7) is 1.82. The van der Waals surface area contributed by atoms with Crippen molar-refractivity contribution in [1.82, 2.24) is 29.0 Å². The Morgan fingerprint density at radius 2 is 1.68 bits per heavy atom. The van der Waals surface area contributed by atoms with E-state index in [0.717, 1.165) is 18.2 Å². The van der Waals surface area contributed by atoms with E-state index >= 15 is 0 Å². The van der Waals surface area contributed by atoms with Crippen LogP contribution in [0.4, 0.5) is 43.9 Å². The zero-order valence-electron chi connectivity index (χ0n) is 22.0. The van der Waals surface area contributed by atoms with Gasteiger partial charge in [-0.05, 0) is 44.9 Å². The molecule has 0 atom stereocenters. The first-order chi connectivity index (χ1) is 19.0. The number of hydrogen-bond donors (Lipinski definition) is 2. The number of aromatic nitrogens is 5. The number of alkyl halides is 6. The molecule has 0 saturated carbocycles. The highest BCUT2D eigenvalue weighted by Crippen LogP contribution is 2.32. The number of benzene rings is 1. The SMILES string of the molecule is Cc1nn(C)c(C)c1S(=O)(=O)N1CCC(Nc2nc(Nc3cccc(C(F)(F)F)c3)nc(OCC(F)(F)F)n2)CC1. The van der Waals surface area contributed by atoms with Gasteiger partial charge in [0.25, 0.3) is 0 Å². The minimum atomic E-state index is -4.70. The molecule has 1 aromatic carbocycles. The molecule has 1 saturated heterocycles. The second-order valence-corrected chi connectivity index (χ2v) is 11.2. The third-order valence-electron chi connectivity index (χ3n) is 6.25. The predicted octanol–water partition coefficient (Wildman–Crippen LogP) is 4.19. The molecule has 1 aliphatic heterocycles. The molecule has 0 bridgehead atoms. The van der Waals surface area contributed by atoms with Crippen LogP contribution in [0.25, 0.3) is 0 Å². The molecule has 18 heteroatoms. The summed E-state index contributed by atoms with van der Waals surface area (Å²) in [7, 11) is -2.17. The van der Waals surface area contributed by atoms with Crippen LogP contribution in [-0.2, 0) is 23.2 Å². The molecule has 0 radical (unpaired) electrons. The number of anilines is 3. The maximum absolute atomic E-state index is 13.2. The van der Waals surface area contributed by atoms with Crippen molar-refractivity contribution in [2.24, 2.45) is 7.05 Å². The van der Waals surface area contributed by atoms with Crippen LogP contribution in [0, 0.1) is 13.8 Å². The van der Waals surface area contributed by atoms with Gasteiger partial charge in [0.05, 0.1) is 17.0 Å². The highest BCUT2D eigenvalue weighted by Gasteiger charge is 2.34. The van der Waals surface area contributed by atoms with Gasteiger partial charge in [0.15, 0.2) is 6.61 Å². The lowest BCUT2D eigenvalue weighted by molar-refractivity contribution is -0.154. The summed E-state index contributed by atoms with van der Waals surface area (Å²) in [6.07, 6.45) is -8.71. The van der Waals surface area contributed by atoms with E-state index in [9.17, 15) is 34.8 Å². The number of sulfonamides is 1. The van der Waals surface area contributed by atoms with Crippen LogP contribution in [0.2, 0.25) is 0 Å². The van der Waals surface area contributed by atoms with E-state index in [1.54, 1.807) is 20.9 Å². The number of piperidine rings is 1. The van der Waals surface area contributed by atoms with Gasteiger partial charge in [0.1, 0.15) is 4.90 Å². The normalized spacial score (nSPS) is 15.6. The first-order valence-electron chi connectivity index (χ1n) is 12.2. The van der Waals surface area contributed by atoms with Gasteiger partial charge in [-0.1, -0.05) is 6.07 Å². The Labute approximate surface area is 231 Å². The summed E-state index contributed by atoms with van der Waals surface area (Å²) >= 11 is 0. The van der Waals surface area contributed by atoms with Crippen LogP contribution in [0.5, 0.6) is 6.01 Å². The lowest BCUT2D eigenvalue weighted by atomic mass is 10.1. The van der Waals surface area contributed by atoms with E-state index in [2.05, 4.69) is 35.4 Å². The third kappa shape index (κ3) is 7.35. The summed E-state index contributed by atoms with van der Waals surface area (Å²) < 4.78 is 111. The van der Waals surface area contributed by atoms with Crippen molar-refractivity contribution >= 4 is 27.6 Å². The Morgan fingerprint density at radius 1 is 1.02 bits per heavy atom. The molecule has 0 spiro atoms. The van der Waals surface area contributed by atoms with E-state index in [-0.39, 0.29) is 41.6 Å². The fraction of sp³-hybridized carbons (Fsp3) is 0.478. The van der Waals surface area contributed by atoms with Gasteiger partial charge < -0.3 is 15.4 Å². The molecule has 0 amide bonds. The number of aryl methyl sites for hydroxylation is 2. The number of rotatable bonds is 8. The van der Waals surface area contributed by atoms with E-state index < -0.39 is 40.6 Å². The zero-order chi connectivity index (χ0) is 30.2. The van der Waals surface area contributed by atoms with Crippen molar-refractivity contribution in [3.05, 3.63) is 41.2 Å². The van der Waals surface area contributed by atoms with Crippen LogP contribution >= 0.6 is 0 Å². The summed E-state index contributed by atoms with van der Waals surface area (Å²) in [5.74, 6) is -0.562. The first kappa shape index (κ1) is 30.3. The number of halogens is 6. The lowest BCUT2D eigenvalue weighted by Crippen LogP contribution is -2.42. The maximum Gasteiger partial charge on any atom is 0.422 e. The van der Waals surface area contributed by atoms with Crippen LogP contribution in [0.1, 0.15) is 29.8 Å². The molecule has 1 fully saturated rings. The van der Waals surface area contributed by atoms with Gasteiger partial charge in [-0.2, -0.15) is 50.7 Å². The van der Waals surface area contributed by atoms with Crippen molar-refractivity contribution in [3.63, 3.8) is 0 Å². The molecule has 0 unspecified atom stereocenters. The predicted molar refractivity (Wildman–Crippen MR) is 134 cm³/mol. The zero-order valence-corrected chi connectivity index (χ0v) is 22.8. The van der Waals surface area contributed by atoms with Crippen LogP contribution in [-0.4, -0.2) is 69.4 Å². The Hall–Kier alpha value is -3.67. The van der Waals surface area contributed by atoms with Crippen molar-refractivity contribution in [2.75, 3.05) is 30.3 Å². The van der Waals surface area contributed by atoms with Gasteiger partial charge in [0.2, 0.25) is 21.9 Å². The lowest BCUT2D eigenvalue weighted by Gasteiger charge is -2.31. The smallest absolute Gasteiger partial charge is 0.422 e. The maximum atomic E-state index is 13.2. The average molecular weight is 609 g/mol. The van der Waals surface area contributed by atoms with Gasteiger partial charge in [-0.25, -0.2) is 8.42 Å². The molecule has 4 rings (SSSR count). The fourth-order valence-electron chi connectivity index (χ4n) is 4.27. The largest absolute Gasteiger partial charge is 0.454 e. The number of nitrogens with one attached hydrogen (secondary N) is 2. The van der Waals surface area contributed by atoms with Crippen LogP contribution in [0.15, 0.2) is 29.2 Å². The van der Waals surface area contributed by atoms with E-state index in [1.165, 1.54) is 15.1 Å². The Bertz CT molecular complexity index is 1500. The molecule has 2 N–H and O–H groups in total. The monoisotopic (exact) mass is 608 g/mol. The van der Waals surface area contributed by atoms with Crippen molar-refractivity contribution in [1.29, 1.82) is 0 Å². The average Bonchev–Trinajstić information content (AvgIpc) is 3.13. The Balaban J connectivity index is 1.51. The van der Waals surface area contributed by atoms with E-state index in [4.69, 9.17) is 0 Å². The van der Waals surface area contributed by atoms with Crippen molar-refractivity contribution in [2.45, 2.75) is 50.0 Å². The molecule has 3 heterocycles. The molecule has 224 valence electrons. The number of ether oxygens (including phenoxy) is 1. The summed E-state index contributed by atoms with van der Waals surface area (Å²) in [5, 5.41) is 9.64. The second-order valence-electron chi connectivity index (χ2n) is 9.32. The van der Waals surface area contributed by atoms with Gasteiger partial charge in [0, 0.05) is 31.9 Å². The number of hydrogen-bond acceptors (Lipinski definition) is 9. The van der Waals surface area contributed by atoms with Crippen molar-refractivity contribution in [3.8, 4) is 6.01 Å². The number of nitrogens with zero attached hydrogens (tertiary/aromatic N) is 6. The Morgan fingerprint density at radius 3 is 2.27 bits per heavy atom. The van der Waals surface area contributed by atoms with Gasteiger partial charge in [-0.15, -0.1) is 0 Å². The Kier molecular flexibility index (Phi) is 8.35. The van der Waals surface area contributed by atoms with Crippen LogP contribution in [0.3, 0.4) is 0 Å². The molecular weight excluding hydrogens is 582 g/mol. The molecule has 1 aliphatic rings. The molecular formula is C23H26F6N8O3S. The van der Waals surface area contributed by atoms with E-state index in [1.807, 2.05) is 0 Å². The minimum absolute atomic E-state index is 0.0711. The highest BCUT2D eigenvalue weighted by molar-refractivity contribution is 7.89. The van der Waals surface area contributed by atoms with E-state index in [0.29, 0.717) is 24.2 Å². The fourth-order valence-corrected chi connectivity index (χ4v) is 6.14. The molecule has 2 aromatic heterocycles. The van der Waals surface area contributed by atoms with Crippen LogP contribution < -0.4 is 15.4 Å². The first-order valence-corrected chi connectivity index (χ1v) is 13.6. The van der Waals surface area contributed by atoms with Gasteiger partial charge >= 0.3 is 18.4 Å². The quantitative estimate of drug-likeness (QED) is 0.362. The minimum Gasteiger partial charge on any atom is -0.454 e. The standard InChI is InChI=1S/C23H26F6N8O3S/c1-13-18(14(2)36(3)35-13)41(38,39)37-9-7-16(8-10-37)30-19-32-20(34-21(33-19)40-12-22(24,25)26)31-17-6-4-5-15(11-17)23(27,28)29/h4-6,11,16H,7-10,12H2,1-3H3,(H2,30,31,32,33,34). The van der Waals surface area contributed by atoms with Crippen molar-refractivity contribution < 1.29 is 39.5 Å². The summed E-state index contributed by atoms with van der Waals surface area (Å²) in [6, 6.07) is 2.99. The highest BCUT2D eigenvalue weighted by atomic mass is 32.2. The summed E-state index contributed by atoms with van der Waals surface area (Å²) in [5.41, 5.74) is -0.150. The summed E-state index contributed by atoms with van der Waals surface area (Å²) in [4.78, 5) is 11.8. The second kappa shape index (κ2) is 11.3. The molecule has 41 heavy (non-hydrogen) atoms. The molecule has 11 nitrogen and oxygen atoms in total. The molecule has 3 aromatic rings. The van der Waals surface area contributed by atoms with Gasteiger partial charge in [-0.3, -0.25) is 4.68 Å². The molecule has 0 aliphatic carbocycles.